The van der Waals surface area contributed by atoms with Crippen molar-refractivity contribution in [2.75, 3.05) is 13.1 Å². The molecule has 0 rings (SSSR count). The first-order valence-corrected chi connectivity index (χ1v) is 4.83. The van der Waals surface area contributed by atoms with Crippen molar-refractivity contribution in [3.63, 3.8) is 0 Å². The topological polar surface area (TPSA) is 69.6 Å². The number of carbonyl (C=O) groups is 1. The molecule has 0 heterocycles. The van der Waals surface area contributed by atoms with E-state index in [0.29, 0.717) is 12.1 Å². The van der Waals surface area contributed by atoms with Crippen LogP contribution < -0.4 is 5.32 Å². The minimum atomic E-state index is -0.879. The van der Waals surface area contributed by atoms with E-state index in [1.54, 1.807) is 19.9 Å². The van der Waals surface area contributed by atoms with Crippen LogP contribution in [-0.2, 0) is 4.79 Å². The molecule has 0 aromatic heterocycles. The van der Waals surface area contributed by atoms with Crippen molar-refractivity contribution in [3.8, 4) is 0 Å². The van der Waals surface area contributed by atoms with Gasteiger partial charge in [-0.25, -0.2) is 4.79 Å². The van der Waals surface area contributed by atoms with Gasteiger partial charge in [-0.1, -0.05) is 6.08 Å². The van der Waals surface area contributed by atoms with E-state index in [1.165, 1.54) is 0 Å². The molecule has 14 heavy (non-hydrogen) atoms. The number of carboxylic acids is 1. The summed E-state index contributed by atoms with van der Waals surface area (Å²) in [7, 11) is 0. The quantitative estimate of drug-likeness (QED) is 0.420. The second-order valence-electron chi connectivity index (χ2n) is 3.39. The second-order valence-corrected chi connectivity index (χ2v) is 3.39. The predicted molar refractivity (Wildman–Crippen MR) is 55.2 cm³/mol. The molecule has 0 radical (unpaired) electrons. The van der Waals surface area contributed by atoms with Crippen LogP contribution in [-0.4, -0.2) is 35.4 Å². The van der Waals surface area contributed by atoms with Crippen LogP contribution in [0.5, 0.6) is 0 Å². The Morgan fingerprint density at radius 1 is 1.57 bits per heavy atom. The average molecular weight is 201 g/mol. The first-order valence-electron chi connectivity index (χ1n) is 4.83. The van der Waals surface area contributed by atoms with Gasteiger partial charge in [-0.05, 0) is 33.2 Å². The van der Waals surface area contributed by atoms with Gasteiger partial charge in [0.25, 0.3) is 0 Å². The standard InChI is InChI=1S/C10H19NO3/c1-8(10(13)14)5-7-11-6-3-4-9(2)12/h5,9,11-12H,3-4,6-7H2,1-2H3,(H,13,14)/b8-5-. The Morgan fingerprint density at radius 3 is 2.71 bits per heavy atom. The number of hydrogen-bond donors (Lipinski definition) is 3. The molecule has 4 heteroatoms. The van der Waals surface area contributed by atoms with Gasteiger partial charge in [-0.2, -0.15) is 0 Å². The molecule has 0 aromatic carbocycles. The fourth-order valence-corrected chi connectivity index (χ4v) is 0.937. The van der Waals surface area contributed by atoms with E-state index in [4.69, 9.17) is 10.2 Å². The van der Waals surface area contributed by atoms with Gasteiger partial charge in [0.2, 0.25) is 0 Å². The lowest BCUT2D eigenvalue weighted by molar-refractivity contribution is -0.132. The zero-order valence-corrected chi connectivity index (χ0v) is 8.79. The predicted octanol–water partition coefficient (Wildman–Crippen LogP) is 0.768. The smallest absolute Gasteiger partial charge is 0.330 e. The molecule has 0 aliphatic rings. The van der Waals surface area contributed by atoms with Crippen molar-refractivity contribution in [1.82, 2.24) is 5.32 Å². The summed E-state index contributed by atoms with van der Waals surface area (Å²) in [5.74, 6) is -0.879. The summed E-state index contributed by atoms with van der Waals surface area (Å²) in [5, 5.41) is 20.6. The van der Waals surface area contributed by atoms with E-state index in [2.05, 4.69) is 5.32 Å². The van der Waals surface area contributed by atoms with Crippen LogP contribution in [0.2, 0.25) is 0 Å². The minimum absolute atomic E-state index is 0.256. The Labute approximate surface area is 84.6 Å². The maximum absolute atomic E-state index is 10.4. The molecule has 0 fully saturated rings. The molecule has 0 amide bonds. The minimum Gasteiger partial charge on any atom is -0.478 e. The third kappa shape index (κ3) is 7.76. The van der Waals surface area contributed by atoms with Crippen LogP contribution in [0.25, 0.3) is 0 Å². The molecular weight excluding hydrogens is 182 g/mol. The molecule has 0 aromatic rings. The molecular formula is C10H19NO3. The SMILES string of the molecule is C/C(=C/CNCCCC(C)O)C(=O)O. The summed E-state index contributed by atoms with van der Waals surface area (Å²) in [5.41, 5.74) is 0.355. The Morgan fingerprint density at radius 2 is 2.21 bits per heavy atom. The summed E-state index contributed by atoms with van der Waals surface area (Å²) < 4.78 is 0. The highest BCUT2D eigenvalue weighted by molar-refractivity contribution is 5.85. The van der Waals surface area contributed by atoms with Crippen LogP contribution in [0.4, 0.5) is 0 Å². The lowest BCUT2D eigenvalue weighted by Gasteiger charge is -2.04. The Kier molecular flexibility index (Phi) is 7.06. The van der Waals surface area contributed by atoms with Crippen LogP contribution in [0.1, 0.15) is 26.7 Å². The zero-order valence-electron chi connectivity index (χ0n) is 8.79. The van der Waals surface area contributed by atoms with Crippen molar-refractivity contribution < 1.29 is 15.0 Å². The summed E-state index contributed by atoms with van der Waals surface area (Å²) in [6.07, 6.45) is 3.06. The number of nitrogens with one attached hydrogen (secondary N) is 1. The molecule has 0 aliphatic heterocycles. The van der Waals surface area contributed by atoms with E-state index in [1.807, 2.05) is 0 Å². The summed E-state index contributed by atoms with van der Waals surface area (Å²) in [4.78, 5) is 10.4. The first kappa shape index (κ1) is 13.1. The van der Waals surface area contributed by atoms with Crippen molar-refractivity contribution in [2.24, 2.45) is 0 Å². The number of aliphatic carboxylic acids is 1. The van der Waals surface area contributed by atoms with E-state index >= 15 is 0 Å². The van der Waals surface area contributed by atoms with Gasteiger partial charge in [0.05, 0.1) is 6.10 Å². The normalized spacial score (nSPS) is 14.1. The molecule has 0 aliphatic carbocycles. The third-order valence-electron chi connectivity index (χ3n) is 1.87. The highest BCUT2D eigenvalue weighted by Gasteiger charge is 1.97. The van der Waals surface area contributed by atoms with Crippen molar-refractivity contribution >= 4 is 5.97 Å². The molecule has 0 saturated carbocycles. The molecule has 1 atom stereocenters. The monoisotopic (exact) mass is 201 g/mol. The van der Waals surface area contributed by atoms with Gasteiger partial charge in [-0.15, -0.1) is 0 Å². The maximum atomic E-state index is 10.4. The summed E-state index contributed by atoms with van der Waals surface area (Å²) in [6.45, 7) is 4.69. The molecule has 1 unspecified atom stereocenters. The van der Waals surface area contributed by atoms with Crippen LogP contribution in [0.3, 0.4) is 0 Å². The number of hydrogen-bond acceptors (Lipinski definition) is 3. The lowest BCUT2D eigenvalue weighted by atomic mass is 10.2. The Bertz CT molecular complexity index is 200. The van der Waals surface area contributed by atoms with Gasteiger partial charge in [0, 0.05) is 12.1 Å². The largest absolute Gasteiger partial charge is 0.478 e. The van der Waals surface area contributed by atoms with Gasteiger partial charge in [-0.3, -0.25) is 0 Å². The summed E-state index contributed by atoms with van der Waals surface area (Å²) >= 11 is 0. The van der Waals surface area contributed by atoms with E-state index in [0.717, 1.165) is 19.4 Å². The van der Waals surface area contributed by atoms with Gasteiger partial charge in [0.1, 0.15) is 0 Å². The molecule has 4 nitrogen and oxygen atoms in total. The Balaban J connectivity index is 3.38. The van der Waals surface area contributed by atoms with Crippen molar-refractivity contribution in [1.29, 1.82) is 0 Å². The third-order valence-corrected chi connectivity index (χ3v) is 1.87. The first-order chi connectivity index (χ1) is 6.54. The fraction of sp³-hybridized carbons (Fsp3) is 0.700. The average Bonchev–Trinajstić information content (AvgIpc) is 2.09. The van der Waals surface area contributed by atoms with Crippen molar-refractivity contribution in [2.45, 2.75) is 32.8 Å². The molecule has 3 N–H and O–H groups in total. The number of aliphatic hydroxyl groups excluding tert-OH is 1. The molecule has 0 saturated heterocycles. The number of aliphatic hydroxyl groups is 1. The van der Waals surface area contributed by atoms with Gasteiger partial charge in [0.15, 0.2) is 0 Å². The number of carboxylic acid groups (broad SMARTS) is 1. The van der Waals surface area contributed by atoms with E-state index in [-0.39, 0.29) is 6.10 Å². The van der Waals surface area contributed by atoms with Gasteiger partial charge < -0.3 is 15.5 Å². The highest BCUT2D eigenvalue weighted by atomic mass is 16.4. The van der Waals surface area contributed by atoms with Crippen molar-refractivity contribution in [3.05, 3.63) is 11.6 Å². The molecule has 82 valence electrons. The molecule has 0 bridgehead atoms. The van der Waals surface area contributed by atoms with Crippen LogP contribution in [0.15, 0.2) is 11.6 Å². The van der Waals surface area contributed by atoms with E-state index < -0.39 is 5.97 Å². The van der Waals surface area contributed by atoms with Crippen LogP contribution >= 0.6 is 0 Å². The van der Waals surface area contributed by atoms with Gasteiger partial charge >= 0.3 is 5.97 Å². The second kappa shape index (κ2) is 7.53. The molecule has 0 spiro atoms. The summed E-state index contributed by atoms with van der Waals surface area (Å²) in [6, 6.07) is 0. The lowest BCUT2D eigenvalue weighted by Crippen LogP contribution is -2.17. The van der Waals surface area contributed by atoms with Crippen LogP contribution in [0, 0.1) is 0 Å². The number of rotatable bonds is 7. The van der Waals surface area contributed by atoms with E-state index in [9.17, 15) is 4.79 Å². The fourth-order valence-electron chi connectivity index (χ4n) is 0.937. The maximum Gasteiger partial charge on any atom is 0.330 e. The Hall–Kier alpha value is -0.870. The zero-order chi connectivity index (χ0) is 11.0. The highest BCUT2D eigenvalue weighted by Crippen LogP contribution is 1.94.